The Morgan fingerprint density at radius 1 is 1.11 bits per heavy atom. The van der Waals surface area contributed by atoms with Gasteiger partial charge in [-0.05, 0) is 78.4 Å². The van der Waals surface area contributed by atoms with Crippen molar-refractivity contribution in [3.63, 3.8) is 0 Å². The Morgan fingerprint density at radius 2 is 1.89 bits per heavy atom. The van der Waals surface area contributed by atoms with Gasteiger partial charge in [-0.25, -0.2) is 0 Å². The van der Waals surface area contributed by atoms with Crippen molar-refractivity contribution in [1.29, 1.82) is 0 Å². The molecule has 0 amide bonds. The van der Waals surface area contributed by atoms with Gasteiger partial charge in [0.15, 0.2) is 0 Å². The number of rotatable bonds is 3. The maximum Gasteiger partial charge on any atom is 0.0111 e. The molecule has 3 heteroatoms. The third-order valence-electron chi connectivity index (χ3n) is 5.29. The molecule has 2 fully saturated rings. The quantitative estimate of drug-likeness (QED) is 0.852. The summed E-state index contributed by atoms with van der Waals surface area (Å²) in [7, 11) is 0. The monoisotopic (exact) mass is 267 g/mol. The second-order valence-corrected chi connectivity index (χ2v) is 6.94. The summed E-state index contributed by atoms with van der Waals surface area (Å²) in [5.41, 5.74) is 5.90. The van der Waals surface area contributed by atoms with Crippen LogP contribution in [0, 0.1) is 5.92 Å². The first-order chi connectivity index (χ1) is 9.11. The Balaban J connectivity index is 1.92. The van der Waals surface area contributed by atoms with E-state index in [4.69, 9.17) is 5.73 Å². The summed E-state index contributed by atoms with van der Waals surface area (Å²) in [6.45, 7) is 11.7. The maximum absolute atomic E-state index is 5.90. The van der Waals surface area contributed by atoms with Gasteiger partial charge in [-0.3, -0.25) is 4.90 Å². The Hall–Kier alpha value is -0.120. The molecule has 0 bridgehead atoms. The second-order valence-electron chi connectivity index (χ2n) is 6.94. The van der Waals surface area contributed by atoms with Gasteiger partial charge in [-0.15, -0.1) is 0 Å². The van der Waals surface area contributed by atoms with E-state index in [2.05, 4.69) is 30.6 Å². The van der Waals surface area contributed by atoms with E-state index in [1.165, 1.54) is 51.7 Å². The van der Waals surface area contributed by atoms with E-state index in [9.17, 15) is 0 Å². The third kappa shape index (κ3) is 3.93. The van der Waals surface area contributed by atoms with Crippen molar-refractivity contribution >= 4 is 0 Å². The summed E-state index contributed by atoms with van der Waals surface area (Å²) >= 11 is 0. The van der Waals surface area contributed by atoms with Gasteiger partial charge >= 0.3 is 0 Å². The highest BCUT2D eigenvalue weighted by molar-refractivity contribution is 4.86. The first-order valence-corrected chi connectivity index (χ1v) is 8.31. The topological polar surface area (TPSA) is 32.5 Å². The highest BCUT2D eigenvalue weighted by atomic mass is 15.2. The van der Waals surface area contributed by atoms with Crippen LogP contribution >= 0.6 is 0 Å². The molecule has 0 radical (unpaired) electrons. The Morgan fingerprint density at radius 3 is 2.58 bits per heavy atom. The Kier molecular flexibility index (Phi) is 5.67. The minimum Gasteiger partial charge on any atom is -0.330 e. The minimum atomic E-state index is 0.703. The van der Waals surface area contributed by atoms with Gasteiger partial charge in [0.1, 0.15) is 0 Å². The van der Waals surface area contributed by atoms with Crippen LogP contribution in [0.5, 0.6) is 0 Å². The number of likely N-dealkylation sites (tertiary alicyclic amines) is 2. The van der Waals surface area contributed by atoms with Crippen molar-refractivity contribution < 1.29 is 0 Å². The van der Waals surface area contributed by atoms with Gasteiger partial charge in [0.2, 0.25) is 0 Å². The largest absolute Gasteiger partial charge is 0.330 e. The molecule has 19 heavy (non-hydrogen) atoms. The van der Waals surface area contributed by atoms with Crippen LogP contribution in [0.3, 0.4) is 0 Å². The van der Waals surface area contributed by atoms with Gasteiger partial charge in [-0.1, -0.05) is 0 Å². The van der Waals surface area contributed by atoms with E-state index in [0.717, 1.165) is 24.5 Å². The van der Waals surface area contributed by atoms with Crippen molar-refractivity contribution in [2.75, 3.05) is 26.2 Å². The molecule has 2 rings (SSSR count). The zero-order valence-electron chi connectivity index (χ0n) is 13.1. The maximum atomic E-state index is 5.90. The number of nitrogens with zero attached hydrogens (tertiary/aromatic N) is 2. The van der Waals surface area contributed by atoms with Gasteiger partial charge in [0.25, 0.3) is 0 Å². The molecule has 2 aliphatic heterocycles. The molecule has 0 saturated carbocycles. The van der Waals surface area contributed by atoms with E-state index >= 15 is 0 Å². The van der Waals surface area contributed by atoms with E-state index in [1.54, 1.807) is 0 Å². The highest BCUT2D eigenvalue weighted by Gasteiger charge is 2.31. The second kappa shape index (κ2) is 7.05. The molecule has 2 aliphatic rings. The van der Waals surface area contributed by atoms with Crippen molar-refractivity contribution in [2.24, 2.45) is 11.7 Å². The van der Waals surface area contributed by atoms with Gasteiger partial charge in [-0.2, -0.15) is 0 Å². The average Bonchev–Trinajstić information content (AvgIpc) is 2.65. The zero-order valence-corrected chi connectivity index (χ0v) is 13.1. The summed E-state index contributed by atoms with van der Waals surface area (Å²) in [6, 6.07) is 2.26. The van der Waals surface area contributed by atoms with Gasteiger partial charge in [0.05, 0.1) is 0 Å². The lowest BCUT2D eigenvalue weighted by Gasteiger charge is -2.42. The summed E-state index contributed by atoms with van der Waals surface area (Å²) < 4.78 is 0. The minimum absolute atomic E-state index is 0.703. The van der Waals surface area contributed by atoms with Crippen molar-refractivity contribution in [1.82, 2.24) is 9.80 Å². The predicted octanol–water partition coefficient (Wildman–Crippen LogP) is 2.31. The van der Waals surface area contributed by atoms with Crippen LogP contribution in [0.15, 0.2) is 0 Å². The van der Waals surface area contributed by atoms with E-state index in [0.29, 0.717) is 6.04 Å². The number of hydrogen-bond donors (Lipinski definition) is 1. The summed E-state index contributed by atoms with van der Waals surface area (Å²) in [5, 5.41) is 0. The van der Waals surface area contributed by atoms with Crippen LogP contribution in [0.1, 0.15) is 52.9 Å². The number of nitrogens with two attached hydrogens (primary N) is 1. The predicted molar refractivity (Wildman–Crippen MR) is 82.3 cm³/mol. The molecule has 112 valence electrons. The number of hydrogen-bond acceptors (Lipinski definition) is 3. The lowest BCUT2D eigenvalue weighted by Crippen LogP contribution is -2.49. The molecule has 0 aromatic rings. The normalized spacial score (nSPS) is 35.5. The van der Waals surface area contributed by atoms with Gasteiger partial charge < -0.3 is 10.6 Å². The SMILES string of the molecule is CC(C)N1CCCC(N2CC(CN)CCC2C)CC1. The van der Waals surface area contributed by atoms with E-state index < -0.39 is 0 Å². The van der Waals surface area contributed by atoms with Crippen molar-refractivity contribution in [2.45, 2.75) is 71.0 Å². The van der Waals surface area contributed by atoms with Crippen LogP contribution in [-0.4, -0.2) is 54.1 Å². The van der Waals surface area contributed by atoms with Crippen LogP contribution in [0.25, 0.3) is 0 Å². The molecular weight excluding hydrogens is 234 g/mol. The lowest BCUT2D eigenvalue weighted by molar-refractivity contribution is 0.0656. The highest BCUT2D eigenvalue weighted by Crippen LogP contribution is 2.27. The fourth-order valence-electron chi connectivity index (χ4n) is 3.86. The first-order valence-electron chi connectivity index (χ1n) is 8.31. The average molecular weight is 267 g/mol. The molecule has 2 heterocycles. The summed E-state index contributed by atoms with van der Waals surface area (Å²) in [6.07, 6.45) is 6.76. The van der Waals surface area contributed by atoms with Gasteiger partial charge in [0, 0.05) is 24.7 Å². The zero-order chi connectivity index (χ0) is 13.8. The van der Waals surface area contributed by atoms with Crippen molar-refractivity contribution in [3.8, 4) is 0 Å². The first kappa shape index (κ1) is 15.3. The smallest absolute Gasteiger partial charge is 0.0111 e. The Labute approximate surface area is 119 Å². The molecule has 3 atom stereocenters. The van der Waals surface area contributed by atoms with E-state index in [1.807, 2.05) is 0 Å². The standard InChI is InChI=1S/C16H33N3/c1-13(2)18-9-4-5-16(8-10-18)19-12-15(11-17)7-6-14(19)3/h13-16H,4-12,17H2,1-3H3. The van der Waals surface area contributed by atoms with Crippen LogP contribution < -0.4 is 5.73 Å². The number of piperidine rings is 1. The molecule has 2 N–H and O–H groups in total. The van der Waals surface area contributed by atoms with E-state index in [-0.39, 0.29) is 0 Å². The molecule has 3 unspecified atom stereocenters. The van der Waals surface area contributed by atoms with Crippen LogP contribution in [0.4, 0.5) is 0 Å². The molecule has 0 aliphatic carbocycles. The summed E-state index contributed by atoms with van der Waals surface area (Å²) in [4.78, 5) is 5.43. The van der Waals surface area contributed by atoms with Crippen LogP contribution in [0.2, 0.25) is 0 Å². The molecule has 0 aromatic carbocycles. The molecule has 3 nitrogen and oxygen atoms in total. The summed E-state index contributed by atoms with van der Waals surface area (Å²) in [5.74, 6) is 0.737. The van der Waals surface area contributed by atoms with Crippen molar-refractivity contribution in [3.05, 3.63) is 0 Å². The lowest BCUT2D eigenvalue weighted by atomic mass is 9.90. The van der Waals surface area contributed by atoms with Crippen LogP contribution in [-0.2, 0) is 0 Å². The third-order valence-corrected chi connectivity index (χ3v) is 5.29. The molecule has 2 saturated heterocycles. The fourth-order valence-corrected chi connectivity index (χ4v) is 3.86. The Bertz CT molecular complexity index is 267. The fraction of sp³-hybridized carbons (Fsp3) is 1.00. The molecular formula is C16H33N3. The molecule has 0 aromatic heterocycles. The molecule has 0 spiro atoms.